The van der Waals surface area contributed by atoms with Crippen molar-refractivity contribution in [2.24, 2.45) is 22.2 Å². The van der Waals surface area contributed by atoms with Crippen molar-refractivity contribution >= 4 is 54.0 Å². The molecule has 0 heterocycles. The first-order valence-corrected chi connectivity index (χ1v) is 13.8. The maximum atomic E-state index is 13.3. The monoisotopic (exact) mass is 571 g/mol. The van der Waals surface area contributed by atoms with E-state index in [-0.39, 0.29) is 36.8 Å². The van der Waals surface area contributed by atoms with Gasteiger partial charge in [-0.1, -0.05) is 12.1 Å². The second-order valence-electron chi connectivity index (χ2n) is 8.41. The number of phenolic OH excluding ortho intramolecular Hbond substituents is 1. The van der Waals surface area contributed by atoms with Crippen molar-refractivity contribution < 1.29 is 29.4 Å². The van der Waals surface area contributed by atoms with Crippen LogP contribution in [0.15, 0.2) is 29.3 Å². The molecule has 4 atom stereocenters. The highest BCUT2D eigenvalue weighted by atomic mass is 32.2. The Hall–Kier alpha value is -3.17. The average Bonchev–Trinajstić information content (AvgIpc) is 2.87. The fourth-order valence-corrected chi connectivity index (χ4v) is 3.97. The summed E-state index contributed by atoms with van der Waals surface area (Å²) in [6.45, 7) is 0.175. The van der Waals surface area contributed by atoms with Gasteiger partial charge in [-0.3, -0.25) is 19.4 Å². The number of nitrogens with zero attached hydrogens (tertiary/aromatic N) is 1. The standard InChI is InChI=1S/C23H37N7O6S2/c1-38-10-8-15(24)19(32)29-17(11-13-4-6-14(31)7-5-13)21(34)28-16(3-2-9-27-23(25)26)20(33)30-18(12-37)22(35)36/h4-7,15-18,31,37H,2-3,8-12,24H2,1H3,(H,28,34)(H,29,32)(H,30,33)(H,35,36)(H4,25,26,27). The van der Waals surface area contributed by atoms with Crippen molar-refractivity contribution in [3.63, 3.8) is 0 Å². The molecule has 3 amide bonds. The molecule has 0 aliphatic carbocycles. The van der Waals surface area contributed by atoms with Gasteiger partial charge in [0.25, 0.3) is 0 Å². The number of thiol groups is 1. The minimum absolute atomic E-state index is 0.0348. The predicted octanol–water partition coefficient (Wildman–Crippen LogP) is -1.46. The number of nitrogens with one attached hydrogen (secondary N) is 3. The highest BCUT2D eigenvalue weighted by Gasteiger charge is 2.30. The van der Waals surface area contributed by atoms with Crippen molar-refractivity contribution in [1.82, 2.24) is 16.0 Å². The van der Waals surface area contributed by atoms with Crippen molar-refractivity contribution in [2.45, 2.75) is 49.9 Å². The maximum Gasteiger partial charge on any atom is 0.327 e. The number of carbonyl (C=O) groups is 4. The lowest BCUT2D eigenvalue weighted by molar-refractivity contribution is -0.141. The number of nitrogens with two attached hydrogens (primary N) is 3. The number of benzene rings is 1. The molecule has 0 aliphatic rings. The first-order chi connectivity index (χ1) is 18.0. The van der Waals surface area contributed by atoms with Crippen LogP contribution in [0.25, 0.3) is 0 Å². The molecule has 0 bridgehead atoms. The lowest BCUT2D eigenvalue weighted by atomic mass is 10.0. The Morgan fingerprint density at radius 3 is 2.11 bits per heavy atom. The summed E-state index contributed by atoms with van der Waals surface area (Å²) in [7, 11) is 0. The number of phenols is 1. The lowest BCUT2D eigenvalue weighted by Gasteiger charge is -2.25. The number of amides is 3. The first kappa shape index (κ1) is 32.9. The molecular weight excluding hydrogens is 534 g/mol. The Morgan fingerprint density at radius 2 is 1.55 bits per heavy atom. The summed E-state index contributed by atoms with van der Waals surface area (Å²) < 4.78 is 0. The van der Waals surface area contributed by atoms with Crippen LogP contribution in [0.2, 0.25) is 0 Å². The largest absolute Gasteiger partial charge is 0.508 e. The van der Waals surface area contributed by atoms with Crippen molar-refractivity contribution in [3.8, 4) is 5.75 Å². The molecule has 0 saturated heterocycles. The molecule has 38 heavy (non-hydrogen) atoms. The van der Waals surface area contributed by atoms with E-state index in [1.807, 2.05) is 6.26 Å². The second-order valence-corrected chi connectivity index (χ2v) is 9.76. The quantitative estimate of drug-likeness (QED) is 0.0456. The van der Waals surface area contributed by atoms with Crippen LogP contribution >= 0.6 is 24.4 Å². The van der Waals surface area contributed by atoms with Gasteiger partial charge in [-0.2, -0.15) is 24.4 Å². The number of hydrogen-bond acceptors (Lipinski definition) is 9. The number of hydrogen-bond donors (Lipinski definition) is 9. The summed E-state index contributed by atoms with van der Waals surface area (Å²) in [5.41, 5.74) is 17.3. The van der Waals surface area contributed by atoms with E-state index in [1.165, 1.54) is 23.9 Å². The molecule has 0 aromatic heterocycles. The number of carboxylic acid groups (broad SMARTS) is 1. The number of aliphatic carboxylic acids is 1. The maximum absolute atomic E-state index is 13.3. The smallest absolute Gasteiger partial charge is 0.327 e. The van der Waals surface area contributed by atoms with E-state index >= 15 is 0 Å². The molecule has 0 spiro atoms. The summed E-state index contributed by atoms with van der Waals surface area (Å²) in [5, 5.41) is 26.4. The van der Waals surface area contributed by atoms with Gasteiger partial charge in [-0.05, 0) is 49.0 Å². The van der Waals surface area contributed by atoms with Gasteiger partial charge in [0.1, 0.15) is 23.9 Å². The molecule has 15 heteroatoms. The summed E-state index contributed by atoms with van der Waals surface area (Å²) in [6, 6.07) is 1.70. The van der Waals surface area contributed by atoms with Gasteiger partial charge in [0, 0.05) is 18.7 Å². The zero-order valence-corrected chi connectivity index (χ0v) is 22.8. The Bertz CT molecular complexity index is 960. The van der Waals surface area contributed by atoms with Crippen LogP contribution in [0, 0.1) is 0 Å². The third-order valence-electron chi connectivity index (χ3n) is 5.35. The summed E-state index contributed by atoms with van der Waals surface area (Å²) in [4.78, 5) is 54.2. The van der Waals surface area contributed by atoms with E-state index in [4.69, 9.17) is 17.2 Å². The van der Waals surface area contributed by atoms with Gasteiger partial charge in [0.2, 0.25) is 17.7 Å². The number of thioether (sulfide) groups is 1. The first-order valence-electron chi connectivity index (χ1n) is 11.8. The Kier molecular flexibility index (Phi) is 15.0. The number of rotatable bonds is 17. The molecule has 1 rings (SSSR count). The molecule has 212 valence electrons. The zero-order chi connectivity index (χ0) is 28.7. The van der Waals surface area contributed by atoms with Gasteiger partial charge >= 0.3 is 5.97 Å². The van der Waals surface area contributed by atoms with E-state index in [2.05, 4.69) is 33.6 Å². The summed E-state index contributed by atoms with van der Waals surface area (Å²) >= 11 is 5.47. The normalized spacial score (nSPS) is 13.9. The van der Waals surface area contributed by atoms with Crippen LogP contribution in [0.3, 0.4) is 0 Å². The minimum Gasteiger partial charge on any atom is -0.508 e. The van der Waals surface area contributed by atoms with Crippen LogP contribution in [0.5, 0.6) is 5.75 Å². The molecule has 1 aromatic rings. The molecule has 0 fully saturated rings. The molecule has 1 aromatic carbocycles. The van der Waals surface area contributed by atoms with E-state index in [9.17, 15) is 29.4 Å². The van der Waals surface area contributed by atoms with Gasteiger partial charge in [-0.15, -0.1) is 0 Å². The molecular formula is C23H37N7O6S2. The molecule has 0 saturated carbocycles. The van der Waals surface area contributed by atoms with Crippen LogP contribution in [0.1, 0.15) is 24.8 Å². The van der Waals surface area contributed by atoms with Gasteiger partial charge < -0.3 is 43.4 Å². The predicted molar refractivity (Wildman–Crippen MR) is 150 cm³/mol. The van der Waals surface area contributed by atoms with Crippen LogP contribution in [0.4, 0.5) is 0 Å². The Labute approximate surface area is 231 Å². The second kappa shape index (κ2) is 17.4. The Morgan fingerprint density at radius 1 is 0.974 bits per heavy atom. The highest BCUT2D eigenvalue weighted by Crippen LogP contribution is 2.12. The summed E-state index contributed by atoms with van der Waals surface area (Å²) in [6.07, 6.45) is 2.71. The van der Waals surface area contributed by atoms with Crippen molar-refractivity contribution in [1.29, 1.82) is 0 Å². The number of aliphatic imine (C=N–C) groups is 1. The SMILES string of the molecule is CSCCC(N)C(=O)NC(Cc1ccc(O)cc1)C(=O)NC(CCCN=C(N)N)C(=O)NC(CS)C(=O)O. The fraction of sp³-hybridized carbons (Fsp3) is 0.522. The molecule has 13 nitrogen and oxygen atoms in total. The molecule has 11 N–H and O–H groups in total. The topological polar surface area (TPSA) is 235 Å². The number of guanidine groups is 1. The number of carboxylic acids is 1. The van der Waals surface area contributed by atoms with Gasteiger partial charge in [0.05, 0.1) is 6.04 Å². The third-order valence-corrected chi connectivity index (χ3v) is 6.36. The van der Waals surface area contributed by atoms with Crippen LogP contribution in [-0.4, -0.2) is 88.3 Å². The highest BCUT2D eigenvalue weighted by molar-refractivity contribution is 7.98. The van der Waals surface area contributed by atoms with E-state index in [0.29, 0.717) is 24.2 Å². The van der Waals surface area contributed by atoms with E-state index in [1.54, 1.807) is 12.1 Å². The van der Waals surface area contributed by atoms with Gasteiger partial charge in [0.15, 0.2) is 5.96 Å². The van der Waals surface area contributed by atoms with Crippen LogP contribution in [-0.2, 0) is 25.6 Å². The van der Waals surface area contributed by atoms with E-state index < -0.39 is 47.9 Å². The van der Waals surface area contributed by atoms with Crippen LogP contribution < -0.4 is 33.2 Å². The van der Waals surface area contributed by atoms with E-state index in [0.717, 1.165) is 0 Å². The molecule has 0 aliphatic heterocycles. The van der Waals surface area contributed by atoms with Crippen molar-refractivity contribution in [3.05, 3.63) is 29.8 Å². The minimum atomic E-state index is -1.28. The fourth-order valence-electron chi connectivity index (χ4n) is 3.23. The summed E-state index contributed by atoms with van der Waals surface area (Å²) in [5.74, 6) is -2.85. The lowest BCUT2D eigenvalue weighted by Crippen LogP contribution is -2.57. The molecule has 0 radical (unpaired) electrons. The number of aromatic hydroxyl groups is 1. The molecule has 4 unspecified atom stereocenters. The average molecular weight is 572 g/mol. The number of carbonyl (C=O) groups excluding carboxylic acids is 3. The Balaban J connectivity index is 3.12. The van der Waals surface area contributed by atoms with Gasteiger partial charge in [-0.25, -0.2) is 4.79 Å². The zero-order valence-electron chi connectivity index (χ0n) is 21.1. The van der Waals surface area contributed by atoms with Crippen molar-refractivity contribution in [2.75, 3.05) is 24.3 Å². The third kappa shape index (κ3) is 12.4.